The van der Waals surface area contributed by atoms with Crippen molar-refractivity contribution in [2.24, 2.45) is 5.41 Å². The molecule has 0 aliphatic heterocycles. The second-order valence-corrected chi connectivity index (χ2v) is 9.16. The number of carbonyl (C=O) groups excluding carboxylic acids is 1. The van der Waals surface area contributed by atoms with E-state index in [1.54, 1.807) is 12.1 Å². The van der Waals surface area contributed by atoms with Crippen LogP contribution in [0.3, 0.4) is 0 Å². The molecule has 0 unspecified atom stereocenters. The Morgan fingerprint density at radius 2 is 1.83 bits per heavy atom. The molecule has 1 saturated carbocycles. The third kappa shape index (κ3) is 2.51. The molecule has 5 heteroatoms. The summed E-state index contributed by atoms with van der Waals surface area (Å²) in [6, 6.07) is 16.0. The Balaban J connectivity index is 1.55. The second kappa shape index (κ2) is 6.53. The molecule has 30 heavy (non-hydrogen) atoms. The second-order valence-electron chi connectivity index (χ2n) is 9.16. The lowest BCUT2D eigenvalue weighted by atomic mass is 9.70. The van der Waals surface area contributed by atoms with Gasteiger partial charge in [-0.15, -0.1) is 0 Å². The number of carbonyl (C=O) groups is 1. The highest BCUT2D eigenvalue weighted by atomic mass is 19.1. The molecule has 1 heterocycles. The molecule has 0 radical (unpaired) electrons. The minimum absolute atomic E-state index is 0.00361. The van der Waals surface area contributed by atoms with Crippen LogP contribution in [0.2, 0.25) is 0 Å². The van der Waals surface area contributed by atoms with Gasteiger partial charge in [-0.25, -0.2) is 13.9 Å². The normalized spacial score (nSPS) is 23.4. The number of hydrogen-bond acceptors (Lipinski definition) is 3. The maximum Gasteiger partial charge on any atom is 0.341 e. The molecule has 0 amide bonds. The minimum atomic E-state index is -0.662. The van der Waals surface area contributed by atoms with E-state index in [1.807, 2.05) is 35.0 Å². The number of fused-ring (bicyclic) bond motifs is 5. The molecule has 0 N–H and O–H groups in total. The summed E-state index contributed by atoms with van der Waals surface area (Å²) in [5.41, 5.74) is 4.27. The minimum Gasteiger partial charge on any atom is -0.455 e. The molecular weight excluding hydrogens is 379 g/mol. The lowest BCUT2D eigenvalue weighted by Gasteiger charge is -2.35. The zero-order valence-corrected chi connectivity index (χ0v) is 17.5. The molecule has 2 aromatic carbocycles. The van der Waals surface area contributed by atoms with Gasteiger partial charge in [0.1, 0.15) is 18.1 Å². The predicted molar refractivity (Wildman–Crippen MR) is 112 cm³/mol. The molecule has 2 aliphatic rings. The molecule has 0 saturated heterocycles. The summed E-state index contributed by atoms with van der Waals surface area (Å²) in [6.07, 6.45) is 2.22. The summed E-state index contributed by atoms with van der Waals surface area (Å²) in [5.74, 6) is -0.864. The van der Waals surface area contributed by atoms with Crippen molar-refractivity contribution in [2.75, 3.05) is 0 Å². The van der Waals surface area contributed by atoms with E-state index < -0.39 is 11.8 Å². The van der Waals surface area contributed by atoms with Gasteiger partial charge < -0.3 is 4.74 Å². The summed E-state index contributed by atoms with van der Waals surface area (Å²) < 4.78 is 21.5. The van der Waals surface area contributed by atoms with Crippen molar-refractivity contribution in [1.29, 1.82) is 0 Å². The number of nitrogens with zero attached hydrogens (tertiary/aromatic N) is 2. The smallest absolute Gasteiger partial charge is 0.341 e. The van der Waals surface area contributed by atoms with Crippen LogP contribution in [0.15, 0.2) is 54.6 Å². The summed E-state index contributed by atoms with van der Waals surface area (Å²) in [5, 5.41) is 4.89. The van der Waals surface area contributed by atoms with Crippen LogP contribution in [0.5, 0.6) is 0 Å². The zero-order chi connectivity index (χ0) is 21.1. The van der Waals surface area contributed by atoms with E-state index in [0.29, 0.717) is 5.92 Å². The van der Waals surface area contributed by atoms with Crippen molar-refractivity contribution in [1.82, 2.24) is 9.78 Å². The highest BCUT2D eigenvalue weighted by Gasteiger charge is 2.62. The van der Waals surface area contributed by atoms with Gasteiger partial charge in [0.05, 0.1) is 16.9 Å². The third-order valence-electron chi connectivity index (χ3n) is 7.53. The summed E-state index contributed by atoms with van der Waals surface area (Å²) in [7, 11) is 0. The summed E-state index contributed by atoms with van der Waals surface area (Å²) in [4.78, 5) is 12.5. The van der Waals surface area contributed by atoms with E-state index in [4.69, 9.17) is 9.84 Å². The van der Waals surface area contributed by atoms with E-state index in [9.17, 15) is 9.18 Å². The van der Waals surface area contributed by atoms with Gasteiger partial charge in [0.2, 0.25) is 0 Å². The third-order valence-corrected chi connectivity index (χ3v) is 7.53. The van der Waals surface area contributed by atoms with Crippen LogP contribution in [0.4, 0.5) is 4.39 Å². The topological polar surface area (TPSA) is 44.1 Å². The largest absolute Gasteiger partial charge is 0.455 e. The van der Waals surface area contributed by atoms with Gasteiger partial charge in [0, 0.05) is 11.0 Å². The van der Waals surface area contributed by atoms with E-state index >= 15 is 0 Å². The van der Waals surface area contributed by atoms with E-state index in [1.165, 1.54) is 23.4 Å². The Morgan fingerprint density at radius 1 is 1.13 bits per heavy atom. The maximum atomic E-state index is 14.0. The van der Waals surface area contributed by atoms with Crippen LogP contribution in [-0.2, 0) is 16.8 Å². The lowest BCUT2D eigenvalue weighted by molar-refractivity contribution is 0.0460. The van der Waals surface area contributed by atoms with Crippen molar-refractivity contribution >= 4 is 5.97 Å². The molecule has 3 aromatic rings. The van der Waals surface area contributed by atoms with Gasteiger partial charge in [-0.3, -0.25) is 0 Å². The van der Waals surface area contributed by atoms with Crippen molar-refractivity contribution in [3.05, 3.63) is 82.9 Å². The van der Waals surface area contributed by atoms with Crippen LogP contribution in [0.1, 0.15) is 66.8 Å². The SMILES string of the molecule is CC1(C)[C@@H]2CC[C@]1(C)c1c2c(COC(=O)c2ccccc2F)nn1-c1ccccc1. The number of rotatable bonds is 4. The first-order valence-electron chi connectivity index (χ1n) is 10.4. The van der Waals surface area contributed by atoms with Gasteiger partial charge in [-0.1, -0.05) is 51.1 Å². The van der Waals surface area contributed by atoms with Crippen molar-refractivity contribution in [3.63, 3.8) is 0 Å². The molecule has 4 nitrogen and oxygen atoms in total. The quantitative estimate of drug-likeness (QED) is 0.536. The van der Waals surface area contributed by atoms with Gasteiger partial charge in [-0.2, -0.15) is 5.10 Å². The van der Waals surface area contributed by atoms with Crippen LogP contribution in [0.25, 0.3) is 5.69 Å². The van der Waals surface area contributed by atoms with Crippen molar-refractivity contribution < 1.29 is 13.9 Å². The fourth-order valence-electron chi connectivity index (χ4n) is 5.50. The molecule has 5 rings (SSSR count). The summed E-state index contributed by atoms with van der Waals surface area (Å²) in [6.45, 7) is 7.03. The van der Waals surface area contributed by atoms with Gasteiger partial charge >= 0.3 is 5.97 Å². The van der Waals surface area contributed by atoms with Crippen LogP contribution in [-0.4, -0.2) is 15.7 Å². The number of ether oxygens (including phenoxy) is 1. The molecule has 2 aliphatic carbocycles. The van der Waals surface area contributed by atoms with Gasteiger partial charge in [0.25, 0.3) is 0 Å². The van der Waals surface area contributed by atoms with Crippen LogP contribution < -0.4 is 0 Å². The molecule has 2 bridgehead atoms. The maximum absolute atomic E-state index is 14.0. The number of esters is 1. The molecule has 2 atom stereocenters. The highest BCUT2D eigenvalue weighted by molar-refractivity contribution is 5.89. The molecular formula is C25H25FN2O2. The Hall–Kier alpha value is -2.95. The van der Waals surface area contributed by atoms with E-state index in [2.05, 4.69) is 20.8 Å². The number of para-hydroxylation sites is 1. The zero-order valence-electron chi connectivity index (χ0n) is 17.5. The Morgan fingerprint density at radius 3 is 2.57 bits per heavy atom. The van der Waals surface area contributed by atoms with Crippen molar-refractivity contribution in [2.45, 2.75) is 51.6 Å². The molecule has 1 fully saturated rings. The van der Waals surface area contributed by atoms with Gasteiger partial charge in [0.15, 0.2) is 0 Å². The number of benzene rings is 2. The first-order chi connectivity index (χ1) is 14.3. The number of hydrogen-bond donors (Lipinski definition) is 0. The molecule has 1 aromatic heterocycles. The highest BCUT2D eigenvalue weighted by Crippen LogP contribution is 2.68. The average molecular weight is 404 g/mol. The summed E-state index contributed by atoms with van der Waals surface area (Å²) >= 11 is 0. The fraction of sp³-hybridized carbons (Fsp3) is 0.360. The average Bonchev–Trinajstić information content (AvgIpc) is 3.29. The monoisotopic (exact) mass is 404 g/mol. The van der Waals surface area contributed by atoms with Crippen LogP contribution in [0, 0.1) is 11.2 Å². The Bertz CT molecular complexity index is 1140. The number of halogens is 1. The van der Waals surface area contributed by atoms with E-state index in [-0.39, 0.29) is 23.0 Å². The van der Waals surface area contributed by atoms with Gasteiger partial charge in [-0.05, 0) is 48.4 Å². The standard InChI is InChI=1S/C25H25FN2O2/c1-24(2)18-13-14-25(24,3)22-21(18)20(27-28(22)16-9-5-4-6-10-16)15-30-23(29)17-11-7-8-12-19(17)26/h4-12,18H,13-15H2,1-3H3/t18-,25-/m1/s1. The molecule has 0 spiro atoms. The number of aromatic nitrogens is 2. The van der Waals surface area contributed by atoms with Crippen molar-refractivity contribution in [3.8, 4) is 5.69 Å². The Kier molecular flexibility index (Phi) is 4.14. The van der Waals surface area contributed by atoms with Crippen LogP contribution >= 0.6 is 0 Å². The first kappa shape index (κ1) is 19.0. The Labute approximate surface area is 175 Å². The van der Waals surface area contributed by atoms with E-state index in [0.717, 1.165) is 24.2 Å². The first-order valence-corrected chi connectivity index (χ1v) is 10.4. The lowest BCUT2D eigenvalue weighted by Crippen LogP contribution is -2.33. The fourth-order valence-corrected chi connectivity index (χ4v) is 5.50. The molecule has 154 valence electrons. The predicted octanol–water partition coefficient (Wildman–Crippen LogP) is 5.54.